The lowest BCUT2D eigenvalue weighted by atomic mass is 10.1. The Bertz CT molecular complexity index is 593. The first-order valence-corrected chi connectivity index (χ1v) is 7.54. The van der Waals surface area contributed by atoms with E-state index in [1.807, 2.05) is 27.7 Å². The highest BCUT2D eigenvalue weighted by Crippen LogP contribution is 2.25. The molecule has 0 aliphatic carbocycles. The summed E-state index contributed by atoms with van der Waals surface area (Å²) in [5.41, 5.74) is 1.15. The smallest absolute Gasteiger partial charge is 0.243 e. The number of ether oxygens (including phenoxy) is 1. The zero-order valence-electron chi connectivity index (χ0n) is 13.8. The third kappa shape index (κ3) is 3.32. The standard InChI is InChI=1S/C16H23N3O3/c1-9-7-19(8-10(2)21-9)12(4)15(20)18-16-14(6-17)11(3)13(5)22-16/h9-10,12H,7-8H2,1-5H3,(H,18,20)/t9-,10+,12-/m1/s1. The van der Waals surface area contributed by atoms with Crippen LogP contribution in [0.3, 0.4) is 0 Å². The second-order valence-electron chi connectivity index (χ2n) is 5.98. The maximum Gasteiger partial charge on any atom is 0.243 e. The molecule has 0 aromatic carbocycles. The molecule has 1 aliphatic heterocycles. The average molecular weight is 305 g/mol. The summed E-state index contributed by atoms with van der Waals surface area (Å²) in [6, 6.07) is 1.77. The fourth-order valence-electron chi connectivity index (χ4n) is 2.77. The van der Waals surface area contributed by atoms with E-state index in [4.69, 9.17) is 9.15 Å². The first-order valence-electron chi connectivity index (χ1n) is 7.54. The van der Waals surface area contributed by atoms with Crippen molar-refractivity contribution in [3.8, 4) is 6.07 Å². The molecule has 2 rings (SSSR count). The highest BCUT2D eigenvalue weighted by molar-refractivity contribution is 5.94. The Morgan fingerprint density at radius 2 is 1.95 bits per heavy atom. The minimum atomic E-state index is -0.314. The monoisotopic (exact) mass is 305 g/mol. The summed E-state index contributed by atoms with van der Waals surface area (Å²) >= 11 is 0. The summed E-state index contributed by atoms with van der Waals surface area (Å²) < 4.78 is 11.2. The molecule has 0 bridgehead atoms. The van der Waals surface area contributed by atoms with Crippen LogP contribution in [0.5, 0.6) is 0 Å². The van der Waals surface area contributed by atoms with Crippen LogP contribution in [0.15, 0.2) is 4.42 Å². The molecule has 0 unspecified atom stereocenters. The third-order valence-corrected chi connectivity index (χ3v) is 4.11. The van der Waals surface area contributed by atoms with Crippen LogP contribution in [0.25, 0.3) is 0 Å². The predicted molar refractivity (Wildman–Crippen MR) is 82.6 cm³/mol. The number of anilines is 1. The van der Waals surface area contributed by atoms with Gasteiger partial charge in [-0.2, -0.15) is 5.26 Å². The normalized spacial score (nSPS) is 23.8. The second-order valence-corrected chi connectivity index (χ2v) is 5.98. The number of amides is 1. The SMILES string of the molecule is Cc1oc(NC(=O)[C@@H](C)N2C[C@@H](C)O[C@@H](C)C2)c(C#N)c1C. The van der Waals surface area contributed by atoms with Gasteiger partial charge in [0.1, 0.15) is 17.4 Å². The van der Waals surface area contributed by atoms with Gasteiger partial charge in [-0.25, -0.2) is 0 Å². The lowest BCUT2D eigenvalue weighted by Gasteiger charge is -2.38. The van der Waals surface area contributed by atoms with Crippen molar-refractivity contribution in [2.75, 3.05) is 18.4 Å². The van der Waals surface area contributed by atoms with E-state index in [9.17, 15) is 10.1 Å². The van der Waals surface area contributed by atoms with Gasteiger partial charge in [-0.05, 0) is 34.6 Å². The molecule has 6 heteroatoms. The largest absolute Gasteiger partial charge is 0.444 e. The topological polar surface area (TPSA) is 78.5 Å². The summed E-state index contributed by atoms with van der Waals surface area (Å²) in [6.07, 6.45) is 0.198. The summed E-state index contributed by atoms with van der Waals surface area (Å²) in [5, 5.41) is 11.9. The van der Waals surface area contributed by atoms with Crippen LogP contribution in [0.2, 0.25) is 0 Å². The molecule has 1 amide bonds. The zero-order valence-corrected chi connectivity index (χ0v) is 13.8. The first kappa shape index (κ1) is 16.5. The molecule has 0 spiro atoms. The molecular formula is C16H23N3O3. The fraction of sp³-hybridized carbons (Fsp3) is 0.625. The molecule has 3 atom stereocenters. The number of aryl methyl sites for hydroxylation is 1. The third-order valence-electron chi connectivity index (χ3n) is 4.11. The molecule has 0 radical (unpaired) electrons. The Morgan fingerprint density at radius 3 is 2.50 bits per heavy atom. The molecule has 120 valence electrons. The Morgan fingerprint density at radius 1 is 1.36 bits per heavy atom. The number of nitrogens with zero attached hydrogens (tertiary/aromatic N) is 2. The van der Waals surface area contributed by atoms with Crippen molar-refractivity contribution in [2.45, 2.75) is 52.9 Å². The number of hydrogen-bond acceptors (Lipinski definition) is 5. The van der Waals surface area contributed by atoms with E-state index in [1.165, 1.54) is 0 Å². The number of hydrogen-bond donors (Lipinski definition) is 1. The molecule has 6 nitrogen and oxygen atoms in total. The molecule has 1 fully saturated rings. The van der Waals surface area contributed by atoms with Gasteiger partial charge in [0.15, 0.2) is 0 Å². The van der Waals surface area contributed by atoms with Gasteiger partial charge in [-0.15, -0.1) is 0 Å². The van der Waals surface area contributed by atoms with Gasteiger partial charge in [0.05, 0.1) is 18.2 Å². The van der Waals surface area contributed by atoms with E-state index in [0.717, 1.165) is 5.56 Å². The van der Waals surface area contributed by atoms with Crippen LogP contribution in [-0.2, 0) is 9.53 Å². The predicted octanol–water partition coefficient (Wildman–Crippen LogP) is 2.20. The molecular weight excluding hydrogens is 282 g/mol. The van der Waals surface area contributed by atoms with Crippen LogP contribution in [0.1, 0.15) is 37.7 Å². The molecule has 1 N–H and O–H groups in total. The van der Waals surface area contributed by atoms with Gasteiger partial charge in [-0.1, -0.05) is 0 Å². The quantitative estimate of drug-likeness (QED) is 0.926. The summed E-state index contributed by atoms with van der Waals surface area (Å²) in [7, 11) is 0. The maximum atomic E-state index is 12.5. The minimum absolute atomic E-state index is 0.0989. The lowest BCUT2D eigenvalue weighted by Crippen LogP contribution is -2.52. The number of rotatable bonds is 3. The van der Waals surface area contributed by atoms with E-state index in [-0.39, 0.29) is 30.0 Å². The van der Waals surface area contributed by atoms with Gasteiger partial charge in [0.2, 0.25) is 11.8 Å². The molecule has 1 aromatic rings. The van der Waals surface area contributed by atoms with Crippen LogP contribution in [0, 0.1) is 25.2 Å². The Hall–Kier alpha value is -1.84. The Balaban J connectivity index is 2.09. The number of furan rings is 1. The Kier molecular flexibility index (Phi) is 4.89. The summed E-state index contributed by atoms with van der Waals surface area (Å²) in [5.74, 6) is 0.711. The van der Waals surface area contributed by atoms with Gasteiger partial charge in [-0.3, -0.25) is 15.0 Å². The van der Waals surface area contributed by atoms with Crippen molar-refractivity contribution in [2.24, 2.45) is 0 Å². The average Bonchev–Trinajstić information content (AvgIpc) is 2.71. The van der Waals surface area contributed by atoms with Gasteiger partial charge >= 0.3 is 0 Å². The summed E-state index contributed by atoms with van der Waals surface area (Å²) in [6.45, 7) is 10.9. The number of nitriles is 1. The van der Waals surface area contributed by atoms with Gasteiger partial charge in [0, 0.05) is 18.7 Å². The molecule has 1 saturated heterocycles. The van der Waals surface area contributed by atoms with Crippen LogP contribution in [-0.4, -0.2) is 42.1 Å². The molecule has 22 heavy (non-hydrogen) atoms. The molecule has 1 aromatic heterocycles. The number of carbonyl (C=O) groups is 1. The molecule has 1 aliphatic rings. The number of nitrogens with one attached hydrogen (secondary N) is 1. The van der Waals surface area contributed by atoms with Gasteiger partial charge in [0.25, 0.3) is 0 Å². The van der Waals surface area contributed by atoms with Crippen LogP contribution < -0.4 is 5.32 Å². The molecule has 0 saturated carbocycles. The van der Waals surface area contributed by atoms with Crippen LogP contribution in [0.4, 0.5) is 5.88 Å². The number of morpholine rings is 1. The van der Waals surface area contributed by atoms with Crippen molar-refractivity contribution in [1.29, 1.82) is 5.26 Å². The highest BCUT2D eigenvalue weighted by atomic mass is 16.5. The van der Waals surface area contributed by atoms with Crippen LogP contribution >= 0.6 is 0 Å². The zero-order chi connectivity index (χ0) is 16.4. The van der Waals surface area contributed by atoms with E-state index in [1.54, 1.807) is 6.92 Å². The fourth-order valence-corrected chi connectivity index (χ4v) is 2.77. The van der Waals surface area contributed by atoms with Crippen molar-refractivity contribution in [3.05, 3.63) is 16.9 Å². The van der Waals surface area contributed by atoms with E-state index >= 15 is 0 Å². The van der Waals surface area contributed by atoms with Crippen molar-refractivity contribution >= 4 is 11.8 Å². The first-order chi connectivity index (χ1) is 10.3. The van der Waals surface area contributed by atoms with E-state index < -0.39 is 0 Å². The van der Waals surface area contributed by atoms with Crippen molar-refractivity contribution < 1.29 is 13.9 Å². The van der Waals surface area contributed by atoms with E-state index in [0.29, 0.717) is 24.4 Å². The summed E-state index contributed by atoms with van der Waals surface area (Å²) in [4.78, 5) is 14.5. The van der Waals surface area contributed by atoms with E-state index in [2.05, 4.69) is 16.3 Å². The minimum Gasteiger partial charge on any atom is -0.444 e. The second kappa shape index (κ2) is 6.51. The highest BCUT2D eigenvalue weighted by Gasteiger charge is 2.30. The molecule has 2 heterocycles. The Labute approximate surface area is 131 Å². The van der Waals surface area contributed by atoms with Gasteiger partial charge < -0.3 is 9.15 Å². The van der Waals surface area contributed by atoms with Crippen molar-refractivity contribution in [3.63, 3.8) is 0 Å². The van der Waals surface area contributed by atoms with Crippen molar-refractivity contribution in [1.82, 2.24) is 4.90 Å². The lowest BCUT2D eigenvalue weighted by molar-refractivity contribution is -0.127. The maximum absolute atomic E-state index is 12.5. The number of carbonyl (C=O) groups excluding carboxylic acids is 1.